The third kappa shape index (κ3) is 2.31. The molecule has 1 heterocycles. The van der Waals surface area contributed by atoms with Crippen LogP contribution in [0, 0.1) is 6.92 Å². The number of hydrogen-bond donors (Lipinski definition) is 1. The molecule has 0 fully saturated rings. The van der Waals surface area contributed by atoms with Gasteiger partial charge >= 0.3 is 0 Å². The second-order valence-corrected chi connectivity index (χ2v) is 4.50. The van der Waals surface area contributed by atoms with Gasteiger partial charge in [0.1, 0.15) is 5.82 Å². The lowest BCUT2D eigenvalue weighted by Crippen LogP contribution is -2.19. The van der Waals surface area contributed by atoms with Crippen molar-refractivity contribution in [1.29, 1.82) is 0 Å². The molecule has 84 valence electrons. The molecule has 2 N–H and O–H groups in total. The van der Waals surface area contributed by atoms with E-state index in [-0.39, 0.29) is 6.04 Å². The van der Waals surface area contributed by atoms with Gasteiger partial charge < -0.3 is 5.73 Å². The van der Waals surface area contributed by atoms with Crippen molar-refractivity contribution in [3.05, 3.63) is 34.7 Å². The molecule has 1 aromatic carbocycles. The zero-order valence-corrected chi connectivity index (χ0v) is 10.1. The standard InChI is InChI=1S/C12H14ClN3/c1-7(14)5-12-15-8(2)10-6-9(13)3-4-11(10)16-12/h3-4,6-7H,5,14H2,1-2H3. The minimum absolute atomic E-state index is 0.0733. The zero-order chi connectivity index (χ0) is 11.7. The van der Waals surface area contributed by atoms with Crippen LogP contribution in [0.4, 0.5) is 0 Å². The van der Waals surface area contributed by atoms with Gasteiger partial charge in [-0.15, -0.1) is 0 Å². The SMILES string of the molecule is Cc1nc(CC(C)N)nc2ccc(Cl)cc12. The second-order valence-electron chi connectivity index (χ2n) is 4.07. The van der Waals surface area contributed by atoms with E-state index in [2.05, 4.69) is 9.97 Å². The molecule has 2 aromatic rings. The summed E-state index contributed by atoms with van der Waals surface area (Å²) in [6, 6.07) is 5.72. The molecule has 1 aromatic heterocycles. The van der Waals surface area contributed by atoms with Crippen molar-refractivity contribution in [2.75, 3.05) is 0 Å². The van der Waals surface area contributed by atoms with E-state index in [1.807, 2.05) is 32.0 Å². The van der Waals surface area contributed by atoms with Crippen molar-refractivity contribution in [1.82, 2.24) is 9.97 Å². The number of halogens is 1. The largest absolute Gasteiger partial charge is 0.328 e. The van der Waals surface area contributed by atoms with Gasteiger partial charge in [0.15, 0.2) is 0 Å². The van der Waals surface area contributed by atoms with Crippen LogP contribution in [-0.2, 0) is 6.42 Å². The summed E-state index contributed by atoms with van der Waals surface area (Å²) in [7, 11) is 0. The van der Waals surface area contributed by atoms with E-state index in [0.717, 1.165) is 22.4 Å². The molecule has 0 aliphatic rings. The lowest BCUT2D eigenvalue weighted by molar-refractivity contribution is 0.703. The fraction of sp³-hybridized carbons (Fsp3) is 0.333. The number of nitrogens with two attached hydrogens (primary N) is 1. The monoisotopic (exact) mass is 235 g/mol. The van der Waals surface area contributed by atoms with Crippen LogP contribution in [0.3, 0.4) is 0 Å². The molecule has 4 heteroatoms. The number of fused-ring (bicyclic) bond motifs is 1. The van der Waals surface area contributed by atoms with Crippen LogP contribution in [0.25, 0.3) is 10.9 Å². The molecule has 0 saturated heterocycles. The number of aromatic nitrogens is 2. The highest BCUT2D eigenvalue weighted by atomic mass is 35.5. The van der Waals surface area contributed by atoms with E-state index < -0.39 is 0 Å². The van der Waals surface area contributed by atoms with E-state index >= 15 is 0 Å². The summed E-state index contributed by atoms with van der Waals surface area (Å²) in [6.45, 7) is 3.91. The first kappa shape index (κ1) is 11.3. The van der Waals surface area contributed by atoms with Crippen molar-refractivity contribution in [2.45, 2.75) is 26.3 Å². The minimum atomic E-state index is 0.0733. The smallest absolute Gasteiger partial charge is 0.130 e. The average molecular weight is 236 g/mol. The first-order valence-corrected chi connectivity index (χ1v) is 5.62. The van der Waals surface area contributed by atoms with Crippen molar-refractivity contribution in [3.63, 3.8) is 0 Å². The van der Waals surface area contributed by atoms with Gasteiger partial charge in [0, 0.05) is 28.6 Å². The molecule has 0 bridgehead atoms. The summed E-state index contributed by atoms with van der Waals surface area (Å²) >= 11 is 5.94. The fourth-order valence-corrected chi connectivity index (χ4v) is 1.86. The molecule has 1 atom stereocenters. The van der Waals surface area contributed by atoms with Gasteiger partial charge in [-0.05, 0) is 32.0 Å². The van der Waals surface area contributed by atoms with Crippen LogP contribution in [0.5, 0.6) is 0 Å². The summed E-state index contributed by atoms with van der Waals surface area (Å²) in [5.41, 5.74) is 7.61. The fourth-order valence-electron chi connectivity index (χ4n) is 1.69. The van der Waals surface area contributed by atoms with Crippen LogP contribution in [0.1, 0.15) is 18.4 Å². The molecule has 0 radical (unpaired) electrons. The zero-order valence-electron chi connectivity index (χ0n) is 9.37. The molecular weight excluding hydrogens is 222 g/mol. The average Bonchev–Trinajstić information content (AvgIpc) is 2.18. The lowest BCUT2D eigenvalue weighted by atomic mass is 10.1. The summed E-state index contributed by atoms with van der Waals surface area (Å²) in [5, 5.41) is 1.71. The Morgan fingerprint density at radius 3 is 2.81 bits per heavy atom. The highest BCUT2D eigenvalue weighted by molar-refractivity contribution is 6.31. The van der Waals surface area contributed by atoms with Crippen molar-refractivity contribution >= 4 is 22.5 Å². The minimum Gasteiger partial charge on any atom is -0.328 e. The summed E-state index contributed by atoms with van der Waals surface area (Å²) in [4.78, 5) is 8.90. The first-order valence-electron chi connectivity index (χ1n) is 5.24. The Hall–Kier alpha value is -1.19. The van der Waals surface area contributed by atoms with E-state index in [1.165, 1.54) is 0 Å². The maximum absolute atomic E-state index is 5.94. The Bertz CT molecular complexity index is 523. The highest BCUT2D eigenvalue weighted by Gasteiger charge is 2.06. The first-order chi connectivity index (χ1) is 7.56. The molecule has 0 aliphatic carbocycles. The summed E-state index contributed by atoms with van der Waals surface area (Å²) in [5.74, 6) is 0.794. The second kappa shape index (κ2) is 4.36. The van der Waals surface area contributed by atoms with E-state index in [9.17, 15) is 0 Å². The summed E-state index contributed by atoms with van der Waals surface area (Å²) < 4.78 is 0. The molecule has 2 rings (SSSR count). The maximum Gasteiger partial charge on any atom is 0.130 e. The quantitative estimate of drug-likeness (QED) is 0.870. The van der Waals surface area contributed by atoms with Gasteiger partial charge in [0.25, 0.3) is 0 Å². The van der Waals surface area contributed by atoms with Gasteiger partial charge in [-0.3, -0.25) is 0 Å². The lowest BCUT2D eigenvalue weighted by Gasteiger charge is -2.07. The van der Waals surface area contributed by atoms with Crippen LogP contribution in [0.2, 0.25) is 5.02 Å². The van der Waals surface area contributed by atoms with E-state index in [0.29, 0.717) is 11.4 Å². The maximum atomic E-state index is 5.94. The molecular formula is C12H14ClN3. The van der Waals surface area contributed by atoms with Gasteiger partial charge in [-0.2, -0.15) is 0 Å². The van der Waals surface area contributed by atoms with E-state index in [1.54, 1.807) is 0 Å². The Kier molecular flexibility index (Phi) is 3.08. The predicted octanol–water partition coefficient (Wildman–Crippen LogP) is 2.48. The Balaban J connectivity index is 2.55. The van der Waals surface area contributed by atoms with Crippen LogP contribution < -0.4 is 5.73 Å². The van der Waals surface area contributed by atoms with Gasteiger partial charge in [-0.25, -0.2) is 9.97 Å². The van der Waals surface area contributed by atoms with Crippen LogP contribution in [-0.4, -0.2) is 16.0 Å². The number of benzene rings is 1. The number of rotatable bonds is 2. The topological polar surface area (TPSA) is 51.8 Å². The van der Waals surface area contributed by atoms with Crippen LogP contribution in [0.15, 0.2) is 18.2 Å². The van der Waals surface area contributed by atoms with Gasteiger partial charge in [-0.1, -0.05) is 11.6 Å². The Labute approximate surface area is 99.7 Å². The number of nitrogens with zero attached hydrogens (tertiary/aromatic N) is 2. The van der Waals surface area contributed by atoms with Crippen LogP contribution >= 0.6 is 11.6 Å². The third-order valence-electron chi connectivity index (χ3n) is 2.40. The summed E-state index contributed by atoms with van der Waals surface area (Å²) in [6.07, 6.45) is 0.694. The number of aryl methyl sites for hydroxylation is 1. The Morgan fingerprint density at radius 2 is 2.12 bits per heavy atom. The molecule has 0 amide bonds. The van der Waals surface area contributed by atoms with Crippen molar-refractivity contribution < 1.29 is 0 Å². The predicted molar refractivity (Wildman–Crippen MR) is 66.6 cm³/mol. The Morgan fingerprint density at radius 1 is 1.38 bits per heavy atom. The molecule has 0 aliphatic heterocycles. The molecule has 1 unspecified atom stereocenters. The van der Waals surface area contributed by atoms with Gasteiger partial charge in [0.2, 0.25) is 0 Å². The van der Waals surface area contributed by atoms with E-state index in [4.69, 9.17) is 17.3 Å². The normalized spacial score (nSPS) is 13.0. The van der Waals surface area contributed by atoms with Crippen molar-refractivity contribution in [2.24, 2.45) is 5.73 Å². The molecule has 16 heavy (non-hydrogen) atoms. The molecule has 0 spiro atoms. The third-order valence-corrected chi connectivity index (χ3v) is 2.63. The molecule has 0 saturated carbocycles. The van der Waals surface area contributed by atoms with Crippen molar-refractivity contribution in [3.8, 4) is 0 Å². The van der Waals surface area contributed by atoms with Gasteiger partial charge in [0.05, 0.1) is 5.52 Å². The highest BCUT2D eigenvalue weighted by Crippen LogP contribution is 2.20. The molecule has 3 nitrogen and oxygen atoms in total. The number of hydrogen-bond acceptors (Lipinski definition) is 3.